The summed E-state index contributed by atoms with van der Waals surface area (Å²) in [4.78, 5) is 21.2. The van der Waals surface area contributed by atoms with E-state index in [1.807, 2.05) is 39.0 Å². The van der Waals surface area contributed by atoms with Crippen LogP contribution in [0.4, 0.5) is 26.5 Å². The number of benzene rings is 2. The largest absolute Gasteiger partial charge is 0.443 e. The average Bonchev–Trinajstić information content (AvgIpc) is 3.69. The maximum Gasteiger partial charge on any atom is 0.324 e. The Labute approximate surface area is 233 Å². The Morgan fingerprint density at radius 1 is 1.05 bits per heavy atom. The van der Waals surface area contributed by atoms with E-state index in [4.69, 9.17) is 10.2 Å². The molecule has 2 amide bonds. The van der Waals surface area contributed by atoms with Gasteiger partial charge >= 0.3 is 6.03 Å². The Morgan fingerprint density at radius 2 is 1.80 bits per heavy atom. The van der Waals surface area contributed by atoms with Crippen molar-refractivity contribution in [2.24, 2.45) is 0 Å². The Hall–Kier alpha value is -5.52. The minimum Gasteiger partial charge on any atom is -0.443 e. The number of fused-ring (bicyclic) bond motifs is 1. The lowest BCUT2D eigenvalue weighted by Crippen LogP contribution is -2.21. The number of amides is 2. The molecule has 11 nitrogen and oxygen atoms in total. The van der Waals surface area contributed by atoms with Gasteiger partial charge in [-0.3, -0.25) is 5.32 Å². The summed E-state index contributed by atoms with van der Waals surface area (Å²) in [5.74, 6) is 0.959. The second-order valence-electron chi connectivity index (χ2n) is 10.4. The first-order valence-corrected chi connectivity index (χ1v) is 12.7. The standard InChI is InChI=1S/C29H26FN9O2/c1-29(2,3)23-12-24(39(37-23)20-10-6-18(30)7-11-20)36-28(40)35-19-8-4-17(5-9-19)25-21(22-13-32-16-41-22)14-38-26(25)27(31)33-15-34-38/h4-16H,1-3H3,(H2,31,33,34)(H2,35,36,40). The molecule has 6 aromatic rings. The number of nitrogens with two attached hydrogens (primary N) is 1. The summed E-state index contributed by atoms with van der Waals surface area (Å²) in [5.41, 5.74) is 10.9. The van der Waals surface area contributed by atoms with Crippen LogP contribution in [0.15, 0.2) is 84.1 Å². The number of nitrogens with zero attached hydrogens (tertiary/aromatic N) is 6. The Morgan fingerprint density at radius 3 is 2.49 bits per heavy atom. The van der Waals surface area contributed by atoms with E-state index < -0.39 is 6.03 Å². The number of aromatic nitrogens is 6. The lowest BCUT2D eigenvalue weighted by Gasteiger charge is -2.14. The minimum absolute atomic E-state index is 0.268. The van der Waals surface area contributed by atoms with Gasteiger partial charge < -0.3 is 15.5 Å². The topological polar surface area (TPSA) is 141 Å². The van der Waals surface area contributed by atoms with Gasteiger partial charge in [-0.15, -0.1) is 0 Å². The third-order valence-electron chi connectivity index (χ3n) is 6.52. The molecule has 0 fully saturated rings. The highest BCUT2D eigenvalue weighted by atomic mass is 19.1. The van der Waals surface area contributed by atoms with Gasteiger partial charge in [0.15, 0.2) is 18.0 Å². The lowest BCUT2D eigenvalue weighted by molar-refractivity contribution is 0.262. The van der Waals surface area contributed by atoms with E-state index in [1.165, 1.54) is 24.9 Å². The molecule has 0 bridgehead atoms. The van der Waals surface area contributed by atoms with Crippen LogP contribution in [-0.4, -0.2) is 35.4 Å². The highest BCUT2D eigenvalue weighted by molar-refractivity contribution is 6.00. The molecule has 0 spiro atoms. The Balaban J connectivity index is 1.27. The number of urea groups is 1. The number of anilines is 3. The molecule has 41 heavy (non-hydrogen) atoms. The fourth-order valence-electron chi connectivity index (χ4n) is 4.48. The summed E-state index contributed by atoms with van der Waals surface area (Å²) in [7, 11) is 0. The molecule has 0 radical (unpaired) electrons. The van der Waals surface area contributed by atoms with Crippen LogP contribution < -0.4 is 16.4 Å². The van der Waals surface area contributed by atoms with Crippen molar-refractivity contribution >= 4 is 28.9 Å². The number of carbonyl (C=O) groups is 1. The van der Waals surface area contributed by atoms with E-state index in [9.17, 15) is 9.18 Å². The highest BCUT2D eigenvalue weighted by Crippen LogP contribution is 2.38. The molecule has 0 aliphatic carbocycles. The van der Waals surface area contributed by atoms with E-state index in [0.29, 0.717) is 34.3 Å². The number of halogens is 1. The van der Waals surface area contributed by atoms with Gasteiger partial charge in [-0.05, 0) is 42.0 Å². The molecular weight excluding hydrogens is 525 g/mol. The number of hydrogen-bond donors (Lipinski definition) is 3. The molecule has 0 saturated heterocycles. The monoisotopic (exact) mass is 551 g/mol. The summed E-state index contributed by atoms with van der Waals surface area (Å²) in [6.45, 7) is 6.08. The van der Waals surface area contributed by atoms with E-state index >= 15 is 0 Å². The number of rotatable bonds is 5. The molecule has 2 aromatic carbocycles. The second-order valence-corrected chi connectivity index (χ2v) is 10.4. The van der Waals surface area contributed by atoms with Crippen LogP contribution in [0.1, 0.15) is 26.5 Å². The van der Waals surface area contributed by atoms with Gasteiger partial charge in [-0.1, -0.05) is 32.9 Å². The third kappa shape index (κ3) is 4.98. The van der Waals surface area contributed by atoms with E-state index in [-0.39, 0.29) is 11.2 Å². The number of carbonyl (C=O) groups excluding carboxylic acids is 1. The molecule has 4 N–H and O–H groups in total. The SMILES string of the molecule is CC(C)(C)c1cc(NC(=O)Nc2ccc(-c3c(-c4cnco4)cn4ncnc(N)c34)cc2)n(-c2ccc(F)cc2)n1. The number of hydrogen-bond acceptors (Lipinski definition) is 7. The van der Waals surface area contributed by atoms with Gasteiger partial charge in [-0.2, -0.15) is 10.2 Å². The first-order valence-electron chi connectivity index (χ1n) is 12.7. The molecule has 0 atom stereocenters. The smallest absolute Gasteiger partial charge is 0.324 e. The van der Waals surface area contributed by atoms with Crippen molar-refractivity contribution in [2.45, 2.75) is 26.2 Å². The normalized spacial score (nSPS) is 11.6. The van der Waals surface area contributed by atoms with Crippen molar-refractivity contribution in [2.75, 3.05) is 16.4 Å². The second kappa shape index (κ2) is 9.90. The molecule has 4 aromatic heterocycles. The first kappa shape index (κ1) is 25.7. The molecule has 0 saturated carbocycles. The first-order chi connectivity index (χ1) is 19.7. The zero-order valence-corrected chi connectivity index (χ0v) is 22.5. The average molecular weight is 552 g/mol. The van der Waals surface area contributed by atoms with Crippen molar-refractivity contribution in [1.82, 2.24) is 29.4 Å². The van der Waals surface area contributed by atoms with Crippen LogP contribution in [0.25, 0.3) is 33.7 Å². The van der Waals surface area contributed by atoms with Crippen LogP contribution in [-0.2, 0) is 5.41 Å². The van der Waals surface area contributed by atoms with Crippen LogP contribution in [0, 0.1) is 5.82 Å². The van der Waals surface area contributed by atoms with Crippen molar-refractivity contribution in [3.05, 3.63) is 91.2 Å². The van der Waals surface area contributed by atoms with Crippen LogP contribution in [0.5, 0.6) is 0 Å². The predicted molar refractivity (Wildman–Crippen MR) is 153 cm³/mol. The van der Waals surface area contributed by atoms with Gasteiger partial charge in [-0.25, -0.2) is 28.4 Å². The summed E-state index contributed by atoms with van der Waals surface area (Å²) in [6.07, 6.45) is 6.16. The molecule has 0 aliphatic rings. The molecule has 206 valence electrons. The molecule has 6 rings (SSSR count). The molecular formula is C29H26FN9O2. The van der Waals surface area contributed by atoms with Gasteiger partial charge in [0, 0.05) is 34.5 Å². The predicted octanol–water partition coefficient (Wildman–Crippen LogP) is 5.90. The van der Waals surface area contributed by atoms with Gasteiger partial charge in [0.2, 0.25) is 0 Å². The third-order valence-corrected chi connectivity index (χ3v) is 6.52. The summed E-state index contributed by atoms with van der Waals surface area (Å²) in [6, 6.07) is 14.5. The van der Waals surface area contributed by atoms with Crippen LogP contribution >= 0.6 is 0 Å². The molecule has 0 aliphatic heterocycles. The Bertz CT molecular complexity index is 1850. The fraction of sp³-hybridized carbons (Fsp3) is 0.138. The van der Waals surface area contributed by atoms with Gasteiger partial charge in [0.25, 0.3) is 0 Å². The highest BCUT2D eigenvalue weighted by Gasteiger charge is 2.22. The van der Waals surface area contributed by atoms with Crippen LogP contribution in [0.3, 0.4) is 0 Å². The van der Waals surface area contributed by atoms with Crippen LogP contribution in [0.2, 0.25) is 0 Å². The maximum absolute atomic E-state index is 13.5. The summed E-state index contributed by atoms with van der Waals surface area (Å²) < 4.78 is 22.3. The quantitative estimate of drug-likeness (QED) is 0.242. The molecule has 12 heteroatoms. The van der Waals surface area contributed by atoms with Gasteiger partial charge in [0.05, 0.1) is 17.6 Å². The zero-order chi connectivity index (χ0) is 28.7. The summed E-state index contributed by atoms with van der Waals surface area (Å²) >= 11 is 0. The number of oxazole rings is 1. The number of nitrogen functional groups attached to an aromatic ring is 1. The Kier molecular flexibility index (Phi) is 6.22. The van der Waals surface area contributed by atoms with Crippen molar-refractivity contribution in [1.29, 1.82) is 0 Å². The van der Waals surface area contributed by atoms with E-state index in [0.717, 1.165) is 22.4 Å². The lowest BCUT2D eigenvalue weighted by atomic mass is 9.92. The molecule has 0 unspecified atom stereocenters. The van der Waals surface area contributed by atoms with E-state index in [2.05, 4.69) is 30.8 Å². The van der Waals surface area contributed by atoms with Crippen molar-refractivity contribution in [3.8, 4) is 28.1 Å². The van der Waals surface area contributed by atoms with Gasteiger partial charge in [0.1, 0.15) is 23.5 Å². The fourth-order valence-corrected chi connectivity index (χ4v) is 4.48. The molecule has 4 heterocycles. The minimum atomic E-state index is -0.462. The summed E-state index contributed by atoms with van der Waals surface area (Å²) in [5, 5.41) is 14.7. The van der Waals surface area contributed by atoms with E-state index in [1.54, 1.807) is 45.9 Å². The van der Waals surface area contributed by atoms with Crippen molar-refractivity contribution < 1.29 is 13.6 Å². The number of nitrogens with one attached hydrogen (secondary N) is 2. The zero-order valence-electron chi connectivity index (χ0n) is 22.5. The maximum atomic E-state index is 13.5. The van der Waals surface area contributed by atoms with Crippen molar-refractivity contribution in [3.63, 3.8) is 0 Å².